The van der Waals surface area contributed by atoms with Crippen LogP contribution in [0.15, 0.2) is 18.5 Å². The molecule has 1 heterocycles. The van der Waals surface area contributed by atoms with E-state index < -0.39 is 0 Å². The van der Waals surface area contributed by atoms with Crippen molar-refractivity contribution in [2.24, 2.45) is 0 Å². The molecule has 0 atom stereocenters. The Balaban J connectivity index is 2.84. The SMILES string of the molecule is N#CCc1cncc(CBr)c1. The summed E-state index contributed by atoms with van der Waals surface area (Å²) in [7, 11) is 0. The van der Waals surface area contributed by atoms with Gasteiger partial charge in [0.2, 0.25) is 0 Å². The predicted molar refractivity (Wildman–Crippen MR) is 46.2 cm³/mol. The highest BCUT2D eigenvalue weighted by Gasteiger charge is 1.93. The number of aromatic nitrogens is 1. The summed E-state index contributed by atoms with van der Waals surface area (Å²) in [5, 5.41) is 9.18. The summed E-state index contributed by atoms with van der Waals surface area (Å²) < 4.78 is 0. The number of alkyl halides is 1. The van der Waals surface area contributed by atoms with E-state index in [9.17, 15) is 0 Å². The molecule has 0 radical (unpaired) electrons. The van der Waals surface area contributed by atoms with Crippen molar-refractivity contribution in [3.05, 3.63) is 29.6 Å². The Kier molecular flexibility index (Phi) is 3.06. The standard InChI is InChI=1S/C8H7BrN2/c9-4-8-3-7(1-2-10)5-11-6-8/h3,5-6H,1,4H2. The van der Waals surface area contributed by atoms with E-state index in [1.807, 2.05) is 6.07 Å². The molecule has 0 aliphatic rings. The summed E-state index contributed by atoms with van der Waals surface area (Å²) >= 11 is 3.32. The van der Waals surface area contributed by atoms with Gasteiger partial charge in [-0.25, -0.2) is 0 Å². The zero-order chi connectivity index (χ0) is 8.10. The van der Waals surface area contributed by atoms with Crippen LogP contribution in [0.4, 0.5) is 0 Å². The molecular weight excluding hydrogens is 204 g/mol. The molecule has 1 aromatic rings. The van der Waals surface area contributed by atoms with E-state index in [0.717, 1.165) is 16.5 Å². The van der Waals surface area contributed by atoms with Crippen LogP contribution >= 0.6 is 15.9 Å². The van der Waals surface area contributed by atoms with Crippen molar-refractivity contribution in [1.82, 2.24) is 4.98 Å². The molecule has 1 rings (SSSR count). The third-order valence-electron chi connectivity index (χ3n) is 1.29. The van der Waals surface area contributed by atoms with Gasteiger partial charge >= 0.3 is 0 Å². The number of nitrogens with zero attached hydrogens (tertiary/aromatic N) is 2. The predicted octanol–water partition coefficient (Wildman–Crippen LogP) is 2.04. The van der Waals surface area contributed by atoms with E-state index in [4.69, 9.17) is 5.26 Å². The van der Waals surface area contributed by atoms with Gasteiger partial charge in [0.15, 0.2) is 0 Å². The van der Waals surface area contributed by atoms with E-state index in [0.29, 0.717) is 6.42 Å². The molecule has 0 fully saturated rings. The van der Waals surface area contributed by atoms with Crippen LogP contribution in [0.2, 0.25) is 0 Å². The first-order chi connectivity index (χ1) is 5.36. The van der Waals surface area contributed by atoms with Crippen LogP contribution in [0.3, 0.4) is 0 Å². The molecule has 0 amide bonds. The summed E-state index contributed by atoms with van der Waals surface area (Å²) in [6.45, 7) is 0. The number of halogens is 1. The first-order valence-corrected chi connectivity index (χ1v) is 4.34. The van der Waals surface area contributed by atoms with Gasteiger partial charge in [0.1, 0.15) is 0 Å². The van der Waals surface area contributed by atoms with Gasteiger partial charge in [-0.05, 0) is 11.1 Å². The smallest absolute Gasteiger partial charge is 0.0670 e. The maximum atomic E-state index is 8.39. The van der Waals surface area contributed by atoms with E-state index in [1.54, 1.807) is 12.4 Å². The number of hydrogen-bond acceptors (Lipinski definition) is 2. The lowest BCUT2D eigenvalue weighted by Crippen LogP contribution is -1.86. The first kappa shape index (κ1) is 8.22. The largest absolute Gasteiger partial charge is 0.264 e. The molecule has 0 saturated heterocycles. The van der Waals surface area contributed by atoms with Gasteiger partial charge in [-0.2, -0.15) is 5.26 Å². The average Bonchev–Trinajstić information content (AvgIpc) is 2.06. The van der Waals surface area contributed by atoms with E-state index in [1.165, 1.54) is 0 Å². The van der Waals surface area contributed by atoms with Crippen LogP contribution in [-0.4, -0.2) is 4.98 Å². The highest BCUT2D eigenvalue weighted by atomic mass is 79.9. The Morgan fingerprint density at radius 1 is 1.45 bits per heavy atom. The number of pyridine rings is 1. The Morgan fingerprint density at radius 3 is 2.82 bits per heavy atom. The minimum Gasteiger partial charge on any atom is -0.264 e. The second-order valence-corrected chi connectivity index (χ2v) is 2.73. The molecule has 0 aliphatic heterocycles. The number of hydrogen-bond donors (Lipinski definition) is 0. The van der Waals surface area contributed by atoms with Gasteiger partial charge in [-0.15, -0.1) is 0 Å². The fourth-order valence-electron chi connectivity index (χ4n) is 0.802. The third kappa shape index (κ3) is 2.32. The van der Waals surface area contributed by atoms with Gasteiger partial charge in [-0.3, -0.25) is 4.98 Å². The second kappa shape index (κ2) is 4.09. The Hall–Kier alpha value is -0.880. The van der Waals surface area contributed by atoms with Crippen LogP contribution < -0.4 is 0 Å². The molecule has 0 aromatic carbocycles. The van der Waals surface area contributed by atoms with Gasteiger partial charge in [0, 0.05) is 17.7 Å². The fourth-order valence-corrected chi connectivity index (χ4v) is 1.11. The van der Waals surface area contributed by atoms with Crippen LogP contribution in [-0.2, 0) is 11.8 Å². The van der Waals surface area contributed by atoms with Crippen molar-refractivity contribution in [3.8, 4) is 6.07 Å². The highest BCUT2D eigenvalue weighted by Crippen LogP contribution is 2.06. The van der Waals surface area contributed by atoms with E-state index >= 15 is 0 Å². The van der Waals surface area contributed by atoms with E-state index in [2.05, 4.69) is 27.0 Å². The zero-order valence-electron chi connectivity index (χ0n) is 5.92. The molecule has 0 saturated carbocycles. The number of nitriles is 1. The van der Waals surface area contributed by atoms with Crippen LogP contribution in [0.1, 0.15) is 11.1 Å². The Labute approximate surface area is 74.0 Å². The zero-order valence-corrected chi connectivity index (χ0v) is 7.50. The molecule has 11 heavy (non-hydrogen) atoms. The summed E-state index contributed by atoms with van der Waals surface area (Å²) in [5.41, 5.74) is 2.09. The Morgan fingerprint density at radius 2 is 2.18 bits per heavy atom. The quantitative estimate of drug-likeness (QED) is 0.702. The molecule has 56 valence electrons. The molecule has 0 aliphatic carbocycles. The van der Waals surface area contributed by atoms with Gasteiger partial charge in [-0.1, -0.05) is 22.0 Å². The second-order valence-electron chi connectivity index (χ2n) is 2.17. The third-order valence-corrected chi connectivity index (χ3v) is 1.94. The minimum atomic E-state index is 0.438. The minimum absolute atomic E-state index is 0.438. The highest BCUT2D eigenvalue weighted by molar-refractivity contribution is 9.08. The lowest BCUT2D eigenvalue weighted by molar-refractivity contribution is 1.16. The summed E-state index contributed by atoms with van der Waals surface area (Å²) in [6.07, 6.45) is 3.94. The monoisotopic (exact) mass is 210 g/mol. The summed E-state index contributed by atoms with van der Waals surface area (Å²) in [5.74, 6) is 0. The van der Waals surface area contributed by atoms with Gasteiger partial charge < -0.3 is 0 Å². The molecule has 3 heteroatoms. The van der Waals surface area contributed by atoms with E-state index in [-0.39, 0.29) is 0 Å². The maximum absolute atomic E-state index is 8.39. The fraction of sp³-hybridized carbons (Fsp3) is 0.250. The van der Waals surface area contributed by atoms with Crippen molar-refractivity contribution in [2.75, 3.05) is 0 Å². The van der Waals surface area contributed by atoms with Crippen molar-refractivity contribution in [3.63, 3.8) is 0 Å². The van der Waals surface area contributed by atoms with Crippen molar-refractivity contribution < 1.29 is 0 Å². The molecular formula is C8H7BrN2. The Bertz CT molecular complexity index is 278. The van der Waals surface area contributed by atoms with Crippen LogP contribution in [0.5, 0.6) is 0 Å². The molecule has 1 aromatic heterocycles. The molecule has 0 unspecified atom stereocenters. The van der Waals surface area contributed by atoms with Crippen LogP contribution in [0, 0.1) is 11.3 Å². The molecule has 2 nitrogen and oxygen atoms in total. The lowest BCUT2D eigenvalue weighted by Gasteiger charge is -1.96. The van der Waals surface area contributed by atoms with Crippen LogP contribution in [0.25, 0.3) is 0 Å². The molecule has 0 N–H and O–H groups in total. The summed E-state index contributed by atoms with van der Waals surface area (Å²) in [4.78, 5) is 3.99. The number of rotatable bonds is 2. The first-order valence-electron chi connectivity index (χ1n) is 3.22. The normalized spacial score (nSPS) is 9.09. The molecule has 0 spiro atoms. The summed E-state index contributed by atoms with van der Waals surface area (Å²) in [6, 6.07) is 4.06. The van der Waals surface area contributed by atoms with Crippen molar-refractivity contribution in [2.45, 2.75) is 11.8 Å². The van der Waals surface area contributed by atoms with Gasteiger partial charge in [0.25, 0.3) is 0 Å². The average molecular weight is 211 g/mol. The van der Waals surface area contributed by atoms with Crippen molar-refractivity contribution in [1.29, 1.82) is 5.26 Å². The van der Waals surface area contributed by atoms with Gasteiger partial charge in [0.05, 0.1) is 12.5 Å². The van der Waals surface area contributed by atoms with Crippen molar-refractivity contribution >= 4 is 15.9 Å². The molecule has 0 bridgehead atoms. The maximum Gasteiger partial charge on any atom is 0.0670 e. The topological polar surface area (TPSA) is 36.7 Å². The lowest BCUT2D eigenvalue weighted by atomic mass is 10.2.